The summed E-state index contributed by atoms with van der Waals surface area (Å²) in [6.45, 7) is 13.9. The minimum absolute atomic E-state index is 0.116. The summed E-state index contributed by atoms with van der Waals surface area (Å²) in [6, 6.07) is 21.3. The van der Waals surface area contributed by atoms with Gasteiger partial charge in [0.05, 0.1) is 0 Å². The van der Waals surface area contributed by atoms with Gasteiger partial charge in [0, 0.05) is 31.3 Å². The third kappa shape index (κ3) is 3.85. The van der Waals surface area contributed by atoms with Crippen LogP contribution in [-0.2, 0) is 22.4 Å². The first-order valence-corrected chi connectivity index (χ1v) is 18.0. The molecule has 4 heteroatoms. The van der Waals surface area contributed by atoms with Crippen LogP contribution < -0.4 is 0 Å². The van der Waals surface area contributed by atoms with Crippen LogP contribution in [0, 0.1) is 44.3 Å². The highest BCUT2D eigenvalue weighted by molar-refractivity contribution is 9.09. The third-order valence-corrected chi connectivity index (χ3v) is 15.2. The van der Waals surface area contributed by atoms with Gasteiger partial charge in [-0.1, -0.05) is 134 Å². The van der Waals surface area contributed by atoms with Crippen molar-refractivity contribution in [3.05, 3.63) is 71.8 Å². The first-order valence-electron chi connectivity index (χ1n) is 16.1. The maximum absolute atomic E-state index is 15.5. The van der Waals surface area contributed by atoms with Crippen molar-refractivity contribution in [3.63, 3.8) is 0 Å². The molecule has 4 aliphatic rings. The Hall–Kier alpha value is -1.26. The van der Waals surface area contributed by atoms with E-state index in [0.717, 1.165) is 51.4 Å². The summed E-state index contributed by atoms with van der Waals surface area (Å²) in [5.74, 6) is 1.18. The molecule has 0 radical (unpaired) electrons. The van der Waals surface area contributed by atoms with E-state index in [0.29, 0.717) is 11.6 Å². The van der Waals surface area contributed by atoms with Gasteiger partial charge in [0.15, 0.2) is 0 Å². The fourth-order valence-corrected chi connectivity index (χ4v) is 13.1. The van der Waals surface area contributed by atoms with Crippen molar-refractivity contribution >= 4 is 43.4 Å². The van der Waals surface area contributed by atoms with Gasteiger partial charge in [-0.3, -0.25) is 9.59 Å². The Balaban J connectivity index is 1.53. The molecule has 0 aliphatic heterocycles. The highest BCUT2D eigenvalue weighted by atomic mass is 79.9. The van der Waals surface area contributed by atoms with E-state index < -0.39 is 21.7 Å². The number of Topliss-reactive ketones (excluding diaryl/α,β-unsaturated/α-hetero) is 2. The smallest absolute Gasteiger partial charge is 0.146 e. The Morgan fingerprint density at radius 2 is 0.952 bits per heavy atom. The van der Waals surface area contributed by atoms with Crippen molar-refractivity contribution in [1.82, 2.24) is 0 Å². The average molecular weight is 697 g/mol. The zero-order valence-corrected chi connectivity index (χ0v) is 29.5. The Bertz CT molecular complexity index is 1260. The number of halogens is 2. The minimum Gasteiger partial charge on any atom is -0.298 e. The van der Waals surface area contributed by atoms with Crippen molar-refractivity contribution in [2.75, 3.05) is 0 Å². The Morgan fingerprint density at radius 1 is 0.619 bits per heavy atom. The molecule has 2 aromatic carbocycles. The highest BCUT2D eigenvalue weighted by Crippen LogP contribution is 2.83. The first-order chi connectivity index (χ1) is 19.7. The van der Waals surface area contributed by atoms with Crippen LogP contribution in [0.15, 0.2) is 60.7 Å². The lowest BCUT2D eigenvalue weighted by Gasteiger charge is -2.56. The summed E-state index contributed by atoms with van der Waals surface area (Å²) in [5.41, 5.74) is 0.0726. The lowest BCUT2D eigenvalue weighted by atomic mass is 9.45. The van der Waals surface area contributed by atoms with E-state index in [-0.39, 0.29) is 32.3 Å². The average Bonchev–Trinajstić information content (AvgIpc) is 3.42. The molecule has 4 saturated carbocycles. The molecular weight excluding hydrogens is 648 g/mol. The number of alkyl halides is 2. The molecule has 8 atom stereocenters. The van der Waals surface area contributed by atoms with E-state index in [9.17, 15) is 0 Å². The van der Waals surface area contributed by atoms with Gasteiger partial charge in [0.1, 0.15) is 11.6 Å². The van der Waals surface area contributed by atoms with Gasteiger partial charge >= 0.3 is 0 Å². The van der Waals surface area contributed by atoms with Crippen molar-refractivity contribution in [2.45, 2.75) is 103 Å². The maximum atomic E-state index is 15.5. The predicted octanol–water partition coefficient (Wildman–Crippen LogP) is 9.80. The Kier molecular flexibility index (Phi) is 7.42. The van der Waals surface area contributed by atoms with Crippen molar-refractivity contribution in [2.24, 2.45) is 44.3 Å². The number of benzene rings is 2. The van der Waals surface area contributed by atoms with Crippen molar-refractivity contribution in [1.29, 1.82) is 0 Å². The van der Waals surface area contributed by atoms with Crippen LogP contribution in [0.2, 0.25) is 0 Å². The van der Waals surface area contributed by atoms with Gasteiger partial charge in [-0.2, -0.15) is 0 Å². The summed E-state index contributed by atoms with van der Waals surface area (Å²) < 4.78 is 0. The predicted molar refractivity (Wildman–Crippen MR) is 179 cm³/mol. The van der Waals surface area contributed by atoms with Crippen LogP contribution in [0.4, 0.5) is 0 Å². The Morgan fingerprint density at radius 3 is 1.24 bits per heavy atom. The zero-order valence-electron chi connectivity index (χ0n) is 26.3. The molecule has 6 rings (SSSR count). The van der Waals surface area contributed by atoms with Crippen LogP contribution in [0.5, 0.6) is 0 Å². The number of carbonyl (C=O) groups excluding carboxylic acids is 2. The monoisotopic (exact) mass is 694 g/mol. The van der Waals surface area contributed by atoms with Gasteiger partial charge in [-0.15, -0.1) is 0 Å². The van der Waals surface area contributed by atoms with E-state index in [4.69, 9.17) is 0 Å². The molecular formula is C38H48Br2O2. The topological polar surface area (TPSA) is 34.1 Å². The fraction of sp³-hybridized carbons (Fsp3) is 0.632. The standard InChI is InChI=1S/C38H48Br2O2/c1-33(2)29-17-19-35(33,5)31(41)37(29,23-27(39)21-25-13-9-7-10-14-25)38(24-28(40)22-26-15-11-8-12-16-26)30-18-20-36(6,32(38)42)34(30,3)4/h7-16,27-30H,17-24H2,1-6H3/t27-,28-,29-,30+,35+,36+,37-,38+/m1/s1. The lowest BCUT2D eigenvalue weighted by molar-refractivity contribution is -0.166. The highest BCUT2D eigenvalue weighted by Gasteiger charge is 2.85. The molecule has 0 amide bonds. The van der Waals surface area contributed by atoms with Gasteiger partial charge in [-0.25, -0.2) is 0 Å². The summed E-state index contributed by atoms with van der Waals surface area (Å²) in [7, 11) is 0. The SMILES string of the molecule is CC1(C)[C@H]2CC[C@@]1(C)C(=O)[C@]2(C[C@H](Br)Cc1ccccc1)[C@]1(C[C@H](Br)Cc2ccccc2)C(=O)[C@]2(C)CC[C@H]1C2(C)C. The quantitative estimate of drug-likeness (QED) is 0.245. The summed E-state index contributed by atoms with van der Waals surface area (Å²) in [4.78, 5) is 31.2. The molecule has 0 heterocycles. The molecule has 0 spiro atoms. The minimum atomic E-state index is -0.688. The van der Waals surface area contributed by atoms with E-state index in [2.05, 4.69) is 134 Å². The number of rotatable bonds is 9. The number of hydrogen-bond donors (Lipinski definition) is 0. The van der Waals surface area contributed by atoms with E-state index >= 15 is 9.59 Å². The van der Waals surface area contributed by atoms with E-state index in [1.807, 2.05) is 0 Å². The van der Waals surface area contributed by atoms with Crippen LogP contribution in [0.1, 0.15) is 91.2 Å². The molecule has 0 aromatic heterocycles. The maximum Gasteiger partial charge on any atom is 0.146 e. The second-order valence-corrected chi connectivity index (χ2v) is 18.5. The van der Waals surface area contributed by atoms with Crippen LogP contribution >= 0.6 is 31.9 Å². The molecule has 0 N–H and O–H groups in total. The molecule has 42 heavy (non-hydrogen) atoms. The summed E-state index contributed by atoms with van der Waals surface area (Å²) >= 11 is 8.29. The normalized spacial score (nSPS) is 39.1. The van der Waals surface area contributed by atoms with Gasteiger partial charge in [-0.05, 0) is 85.2 Å². The van der Waals surface area contributed by atoms with Crippen molar-refractivity contribution < 1.29 is 9.59 Å². The van der Waals surface area contributed by atoms with Crippen LogP contribution in [0.25, 0.3) is 0 Å². The number of hydrogen-bond acceptors (Lipinski definition) is 2. The molecule has 4 bridgehead atoms. The molecule has 0 saturated heterocycles. The van der Waals surface area contributed by atoms with E-state index in [1.54, 1.807) is 0 Å². The van der Waals surface area contributed by atoms with Crippen molar-refractivity contribution in [3.8, 4) is 0 Å². The lowest BCUT2D eigenvalue weighted by Crippen LogP contribution is -2.61. The number of fused-ring (bicyclic) bond motifs is 4. The largest absolute Gasteiger partial charge is 0.298 e. The second kappa shape index (κ2) is 10.1. The van der Waals surface area contributed by atoms with Crippen LogP contribution in [-0.4, -0.2) is 21.2 Å². The van der Waals surface area contributed by atoms with Gasteiger partial charge in [0.2, 0.25) is 0 Å². The van der Waals surface area contributed by atoms with Crippen LogP contribution in [0.3, 0.4) is 0 Å². The fourth-order valence-electron chi connectivity index (χ4n) is 11.3. The number of ketones is 2. The summed E-state index contributed by atoms with van der Waals surface area (Å²) in [5, 5.41) is 0. The third-order valence-electron chi connectivity index (χ3n) is 13.9. The Labute approximate surface area is 270 Å². The molecule has 2 nitrogen and oxygen atoms in total. The molecule has 2 aromatic rings. The van der Waals surface area contributed by atoms with E-state index in [1.165, 1.54) is 11.1 Å². The van der Waals surface area contributed by atoms with Gasteiger partial charge < -0.3 is 0 Å². The zero-order chi connectivity index (χ0) is 30.3. The summed E-state index contributed by atoms with van der Waals surface area (Å²) in [6.07, 6.45) is 7.11. The first kappa shape index (κ1) is 30.8. The molecule has 226 valence electrons. The molecule has 4 fully saturated rings. The second-order valence-electron chi connectivity index (χ2n) is 15.9. The molecule has 4 aliphatic carbocycles. The number of carbonyl (C=O) groups is 2. The molecule has 0 unspecified atom stereocenters. The van der Waals surface area contributed by atoms with Gasteiger partial charge in [0.25, 0.3) is 0 Å².